The number of hydrogen-bond donors (Lipinski definition) is 2. The topological polar surface area (TPSA) is 75.4 Å². The van der Waals surface area contributed by atoms with Gasteiger partial charge in [0.15, 0.2) is 0 Å². The molecule has 2 aliphatic rings. The molecule has 1 aromatic carbocycles. The minimum atomic E-state index is -0.159. The van der Waals surface area contributed by atoms with E-state index in [1.165, 1.54) is 0 Å². The Kier molecular flexibility index (Phi) is 5.95. The molecular weight excluding hydrogens is 314 g/mol. The number of benzene rings is 1. The van der Waals surface area contributed by atoms with Gasteiger partial charge in [-0.05, 0) is 49.8 Å². The van der Waals surface area contributed by atoms with Crippen LogP contribution in [0.1, 0.15) is 44.1 Å². The summed E-state index contributed by atoms with van der Waals surface area (Å²) in [6, 6.07) is 7.73. The molecule has 3 rings (SSSR count). The van der Waals surface area contributed by atoms with Crippen LogP contribution in [0.25, 0.3) is 0 Å². The van der Waals surface area contributed by atoms with Crippen molar-refractivity contribution in [1.82, 2.24) is 10.2 Å². The number of nitrogens with two attached hydrogens (primary N) is 1. The third-order valence-corrected chi connectivity index (χ3v) is 5.53. The second-order valence-electron chi connectivity index (χ2n) is 7.31. The summed E-state index contributed by atoms with van der Waals surface area (Å²) >= 11 is 0. The van der Waals surface area contributed by atoms with Crippen molar-refractivity contribution < 1.29 is 9.59 Å². The van der Waals surface area contributed by atoms with E-state index in [9.17, 15) is 9.59 Å². The Balaban J connectivity index is 1.53. The van der Waals surface area contributed by atoms with Crippen molar-refractivity contribution in [2.75, 3.05) is 25.4 Å². The molecule has 2 fully saturated rings. The van der Waals surface area contributed by atoms with Gasteiger partial charge in [0, 0.05) is 37.2 Å². The largest absolute Gasteiger partial charge is 0.399 e. The van der Waals surface area contributed by atoms with E-state index in [0.717, 1.165) is 69.3 Å². The summed E-state index contributed by atoms with van der Waals surface area (Å²) in [7, 11) is 0. The number of nitrogens with one attached hydrogen (secondary N) is 1. The van der Waals surface area contributed by atoms with Gasteiger partial charge < -0.3 is 16.0 Å². The lowest BCUT2D eigenvalue weighted by Crippen LogP contribution is -2.45. The number of nitrogens with zero attached hydrogens (tertiary/aromatic N) is 1. The van der Waals surface area contributed by atoms with Crippen molar-refractivity contribution in [3.63, 3.8) is 0 Å². The van der Waals surface area contributed by atoms with Gasteiger partial charge in [-0.3, -0.25) is 9.59 Å². The first-order chi connectivity index (χ1) is 12.1. The Morgan fingerprint density at radius 1 is 1.00 bits per heavy atom. The summed E-state index contributed by atoms with van der Waals surface area (Å²) in [5.74, 6) is -0.0276. The van der Waals surface area contributed by atoms with Crippen LogP contribution >= 0.6 is 0 Å². The van der Waals surface area contributed by atoms with Crippen LogP contribution < -0.4 is 11.1 Å². The minimum absolute atomic E-state index is 0.0488. The van der Waals surface area contributed by atoms with E-state index in [0.29, 0.717) is 6.54 Å². The molecule has 2 atom stereocenters. The Morgan fingerprint density at radius 3 is 2.32 bits per heavy atom. The van der Waals surface area contributed by atoms with E-state index < -0.39 is 0 Å². The van der Waals surface area contributed by atoms with Crippen LogP contribution in [0.3, 0.4) is 0 Å². The summed E-state index contributed by atoms with van der Waals surface area (Å²) in [6.45, 7) is 2.32. The van der Waals surface area contributed by atoms with Crippen molar-refractivity contribution >= 4 is 17.5 Å². The standard InChI is InChI=1S/C20H29N3O2/c21-16-9-7-15(8-10-16)11-12-22-19(24)17-5-1-2-6-18(17)20(25)23-13-3-4-14-23/h7-10,17-18H,1-6,11-14,21H2,(H,22,24). The van der Waals surface area contributed by atoms with E-state index in [1.807, 2.05) is 29.2 Å². The highest BCUT2D eigenvalue weighted by atomic mass is 16.2. The van der Waals surface area contributed by atoms with E-state index in [1.54, 1.807) is 0 Å². The third kappa shape index (κ3) is 4.53. The van der Waals surface area contributed by atoms with Crippen molar-refractivity contribution in [3.05, 3.63) is 29.8 Å². The van der Waals surface area contributed by atoms with Gasteiger partial charge in [-0.2, -0.15) is 0 Å². The summed E-state index contributed by atoms with van der Waals surface area (Å²) in [6.07, 6.45) is 6.75. The number of carbonyl (C=O) groups excluding carboxylic acids is 2. The Labute approximate surface area is 150 Å². The zero-order valence-corrected chi connectivity index (χ0v) is 14.9. The average Bonchev–Trinajstić information content (AvgIpc) is 3.17. The van der Waals surface area contributed by atoms with Crippen LogP contribution in [-0.4, -0.2) is 36.3 Å². The average molecular weight is 343 g/mol. The van der Waals surface area contributed by atoms with Crippen molar-refractivity contribution in [1.29, 1.82) is 0 Å². The van der Waals surface area contributed by atoms with Gasteiger partial charge in [0.1, 0.15) is 0 Å². The lowest BCUT2D eigenvalue weighted by atomic mass is 9.78. The maximum absolute atomic E-state index is 12.8. The molecule has 1 aliphatic heterocycles. The first-order valence-corrected chi connectivity index (χ1v) is 9.56. The van der Waals surface area contributed by atoms with Crippen LogP contribution in [0.5, 0.6) is 0 Å². The van der Waals surface area contributed by atoms with E-state index >= 15 is 0 Å². The van der Waals surface area contributed by atoms with Crippen molar-refractivity contribution in [2.24, 2.45) is 11.8 Å². The van der Waals surface area contributed by atoms with Gasteiger partial charge >= 0.3 is 0 Å². The SMILES string of the molecule is Nc1ccc(CCNC(=O)C2CCCCC2C(=O)N2CCCC2)cc1. The number of carbonyl (C=O) groups is 2. The maximum Gasteiger partial charge on any atom is 0.226 e. The molecule has 1 aliphatic carbocycles. The normalized spacial score (nSPS) is 23.4. The van der Waals surface area contributed by atoms with Crippen LogP contribution in [-0.2, 0) is 16.0 Å². The molecule has 136 valence electrons. The number of likely N-dealkylation sites (tertiary alicyclic amines) is 1. The van der Waals surface area contributed by atoms with Gasteiger partial charge in [-0.15, -0.1) is 0 Å². The molecule has 1 saturated carbocycles. The molecule has 1 heterocycles. The second kappa shape index (κ2) is 8.37. The Bertz CT molecular complexity index is 593. The predicted molar refractivity (Wildman–Crippen MR) is 98.8 cm³/mol. The second-order valence-corrected chi connectivity index (χ2v) is 7.31. The lowest BCUT2D eigenvalue weighted by Gasteiger charge is -2.32. The molecule has 0 aromatic heterocycles. The molecular formula is C20H29N3O2. The first kappa shape index (κ1) is 17.8. The number of nitrogen functional groups attached to an aromatic ring is 1. The number of anilines is 1. The summed E-state index contributed by atoms with van der Waals surface area (Å²) < 4.78 is 0. The quantitative estimate of drug-likeness (QED) is 0.806. The molecule has 2 amide bonds. The molecule has 1 saturated heterocycles. The highest BCUT2D eigenvalue weighted by Gasteiger charge is 2.38. The highest BCUT2D eigenvalue weighted by Crippen LogP contribution is 2.32. The first-order valence-electron chi connectivity index (χ1n) is 9.56. The molecule has 25 heavy (non-hydrogen) atoms. The van der Waals surface area contributed by atoms with Crippen LogP contribution in [0.2, 0.25) is 0 Å². The molecule has 5 heteroatoms. The molecule has 1 aromatic rings. The van der Waals surface area contributed by atoms with Crippen LogP contribution in [0, 0.1) is 11.8 Å². The fourth-order valence-corrected chi connectivity index (χ4v) is 4.06. The van der Waals surface area contributed by atoms with Crippen molar-refractivity contribution in [3.8, 4) is 0 Å². The third-order valence-electron chi connectivity index (χ3n) is 5.53. The lowest BCUT2D eigenvalue weighted by molar-refractivity contribution is -0.142. The molecule has 0 radical (unpaired) electrons. The zero-order valence-electron chi connectivity index (χ0n) is 14.9. The van der Waals surface area contributed by atoms with E-state index in [4.69, 9.17) is 5.73 Å². The smallest absolute Gasteiger partial charge is 0.226 e. The Morgan fingerprint density at radius 2 is 1.64 bits per heavy atom. The van der Waals surface area contributed by atoms with Gasteiger partial charge in [-0.1, -0.05) is 25.0 Å². The number of hydrogen-bond acceptors (Lipinski definition) is 3. The van der Waals surface area contributed by atoms with E-state index in [2.05, 4.69) is 5.32 Å². The monoisotopic (exact) mass is 343 g/mol. The highest BCUT2D eigenvalue weighted by molar-refractivity contribution is 5.88. The van der Waals surface area contributed by atoms with E-state index in [-0.39, 0.29) is 23.7 Å². The van der Waals surface area contributed by atoms with Gasteiger partial charge in [0.25, 0.3) is 0 Å². The molecule has 2 unspecified atom stereocenters. The molecule has 0 spiro atoms. The summed E-state index contributed by atoms with van der Waals surface area (Å²) in [4.78, 5) is 27.4. The van der Waals surface area contributed by atoms with Gasteiger partial charge in [0.05, 0.1) is 0 Å². The molecule has 5 nitrogen and oxygen atoms in total. The van der Waals surface area contributed by atoms with Gasteiger partial charge in [0.2, 0.25) is 11.8 Å². The fraction of sp³-hybridized carbons (Fsp3) is 0.600. The Hall–Kier alpha value is -2.04. The number of amides is 2. The predicted octanol–water partition coefficient (Wildman–Crippen LogP) is 2.36. The van der Waals surface area contributed by atoms with Crippen LogP contribution in [0.4, 0.5) is 5.69 Å². The minimum Gasteiger partial charge on any atom is -0.399 e. The fourth-order valence-electron chi connectivity index (χ4n) is 4.06. The molecule has 0 bridgehead atoms. The summed E-state index contributed by atoms with van der Waals surface area (Å²) in [5.41, 5.74) is 7.59. The van der Waals surface area contributed by atoms with Crippen molar-refractivity contribution in [2.45, 2.75) is 44.9 Å². The number of rotatable bonds is 5. The van der Waals surface area contributed by atoms with Crippen LogP contribution in [0.15, 0.2) is 24.3 Å². The van der Waals surface area contributed by atoms with Gasteiger partial charge in [-0.25, -0.2) is 0 Å². The molecule has 3 N–H and O–H groups in total. The summed E-state index contributed by atoms with van der Waals surface area (Å²) in [5, 5.41) is 3.05. The maximum atomic E-state index is 12.8. The zero-order chi connectivity index (χ0) is 17.6.